The van der Waals surface area contributed by atoms with Crippen LogP contribution in [0.5, 0.6) is 0 Å². The summed E-state index contributed by atoms with van der Waals surface area (Å²) in [6.45, 7) is 5.67. The van der Waals surface area contributed by atoms with Gasteiger partial charge in [-0.25, -0.2) is 14.2 Å². The van der Waals surface area contributed by atoms with Crippen LogP contribution in [0.2, 0.25) is 0 Å². The van der Waals surface area contributed by atoms with E-state index in [0.29, 0.717) is 17.7 Å². The van der Waals surface area contributed by atoms with E-state index in [1.165, 1.54) is 12.1 Å². The van der Waals surface area contributed by atoms with Crippen molar-refractivity contribution in [3.63, 3.8) is 0 Å². The minimum Gasteiger partial charge on any atom is -0.460 e. The number of carbonyl (C=O) groups is 1. The van der Waals surface area contributed by atoms with Gasteiger partial charge in [0.05, 0.1) is 12.3 Å². The minimum atomic E-state index is -0.544. The molecule has 0 unspecified atom stereocenters. The van der Waals surface area contributed by atoms with E-state index < -0.39 is 5.97 Å². The van der Waals surface area contributed by atoms with Gasteiger partial charge in [-0.3, -0.25) is 0 Å². The molecule has 2 rings (SSSR count). The Morgan fingerprint density at radius 1 is 1.40 bits per heavy atom. The standard InChI is InChI=1S/C15H16FNO3/c1-4-12-13(15(18)19-5-2)20-14(17-12)11-8-10(16)7-6-9(11)3/h6-8H,4-5H2,1-3H3. The summed E-state index contributed by atoms with van der Waals surface area (Å²) in [6, 6.07) is 4.36. The first-order valence-corrected chi connectivity index (χ1v) is 6.50. The molecular formula is C15H16FNO3. The first kappa shape index (κ1) is 14.2. The number of carbonyl (C=O) groups excluding carboxylic acids is 1. The fraction of sp³-hybridized carbons (Fsp3) is 0.333. The van der Waals surface area contributed by atoms with Crippen LogP contribution in [0.4, 0.5) is 4.39 Å². The quantitative estimate of drug-likeness (QED) is 0.802. The summed E-state index contributed by atoms with van der Waals surface area (Å²) >= 11 is 0. The Morgan fingerprint density at radius 2 is 2.15 bits per heavy atom. The molecule has 0 bridgehead atoms. The highest BCUT2D eigenvalue weighted by Gasteiger charge is 2.21. The van der Waals surface area contributed by atoms with Crippen molar-refractivity contribution in [2.45, 2.75) is 27.2 Å². The fourth-order valence-corrected chi connectivity index (χ4v) is 1.89. The van der Waals surface area contributed by atoms with Crippen LogP contribution in [-0.2, 0) is 11.2 Å². The first-order valence-electron chi connectivity index (χ1n) is 6.50. The molecule has 2 aromatic rings. The summed E-state index contributed by atoms with van der Waals surface area (Å²) in [5.74, 6) is -0.591. The van der Waals surface area contributed by atoms with Crippen molar-refractivity contribution in [3.8, 4) is 11.5 Å². The zero-order valence-corrected chi connectivity index (χ0v) is 11.7. The molecular weight excluding hydrogens is 261 g/mol. The van der Waals surface area contributed by atoms with Gasteiger partial charge in [-0.1, -0.05) is 13.0 Å². The third kappa shape index (κ3) is 2.71. The van der Waals surface area contributed by atoms with Crippen LogP contribution in [0.15, 0.2) is 22.6 Å². The number of oxazole rings is 1. The van der Waals surface area contributed by atoms with Crippen LogP contribution in [0.25, 0.3) is 11.5 Å². The topological polar surface area (TPSA) is 52.3 Å². The van der Waals surface area contributed by atoms with Gasteiger partial charge in [0.25, 0.3) is 0 Å². The van der Waals surface area contributed by atoms with Crippen molar-refractivity contribution in [1.82, 2.24) is 4.98 Å². The number of benzene rings is 1. The molecule has 0 spiro atoms. The average Bonchev–Trinajstić information content (AvgIpc) is 2.86. The number of esters is 1. The molecule has 0 radical (unpaired) electrons. The van der Waals surface area contributed by atoms with Gasteiger partial charge in [0.1, 0.15) is 5.82 Å². The molecule has 0 N–H and O–H groups in total. The maximum Gasteiger partial charge on any atom is 0.376 e. The lowest BCUT2D eigenvalue weighted by Crippen LogP contribution is -2.05. The lowest BCUT2D eigenvalue weighted by molar-refractivity contribution is 0.0489. The average molecular weight is 277 g/mol. The van der Waals surface area contributed by atoms with Crippen molar-refractivity contribution < 1.29 is 18.3 Å². The summed E-state index contributed by atoms with van der Waals surface area (Å²) < 4.78 is 23.8. The monoisotopic (exact) mass is 277 g/mol. The third-order valence-corrected chi connectivity index (χ3v) is 2.92. The number of nitrogens with zero attached hydrogens (tertiary/aromatic N) is 1. The molecule has 1 aromatic heterocycles. The van der Waals surface area contributed by atoms with E-state index in [4.69, 9.17) is 9.15 Å². The van der Waals surface area contributed by atoms with E-state index in [2.05, 4.69) is 4.98 Å². The lowest BCUT2D eigenvalue weighted by atomic mass is 10.1. The number of ether oxygens (including phenoxy) is 1. The maximum atomic E-state index is 13.3. The molecule has 106 valence electrons. The maximum absolute atomic E-state index is 13.3. The highest BCUT2D eigenvalue weighted by atomic mass is 19.1. The normalized spacial score (nSPS) is 10.6. The minimum absolute atomic E-state index is 0.0908. The van der Waals surface area contributed by atoms with Crippen molar-refractivity contribution in [2.24, 2.45) is 0 Å². The van der Waals surface area contributed by atoms with E-state index in [0.717, 1.165) is 5.56 Å². The molecule has 1 aromatic carbocycles. The molecule has 0 fully saturated rings. The van der Waals surface area contributed by atoms with E-state index in [1.54, 1.807) is 13.0 Å². The zero-order valence-electron chi connectivity index (χ0n) is 11.7. The molecule has 5 heteroatoms. The molecule has 0 aliphatic carbocycles. The van der Waals surface area contributed by atoms with Crippen LogP contribution >= 0.6 is 0 Å². The van der Waals surface area contributed by atoms with Gasteiger partial charge in [0.2, 0.25) is 11.7 Å². The Kier molecular flexibility index (Phi) is 4.17. The molecule has 0 saturated heterocycles. The molecule has 4 nitrogen and oxygen atoms in total. The number of hydrogen-bond donors (Lipinski definition) is 0. The van der Waals surface area contributed by atoms with Gasteiger partial charge >= 0.3 is 5.97 Å². The van der Waals surface area contributed by atoms with Crippen LogP contribution < -0.4 is 0 Å². The smallest absolute Gasteiger partial charge is 0.376 e. The van der Waals surface area contributed by atoms with Crippen LogP contribution in [0.1, 0.15) is 35.7 Å². The fourth-order valence-electron chi connectivity index (χ4n) is 1.89. The van der Waals surface area contributed by atoms with E-state index in [9.17, 15) is 9.18 Å². The summed E-state index contributed by atoms with van der Waals surface area (Å²) in [7, 11) is 0. The number of rotatable bonds is 4. The molecule has 0 atom stereocenters. The molecule has 0 aliphatic rings. The predicted molar refractivity (Wildman–Crippen MR) is 72.0 cm³/mol. The van der Waals surface area contributed by atoms with Gasteiger partial charge in [0.15, 0.2) is 0 Å². The van der Waals surface area contributed by atoms with Gasteiger partial charge in [0, 0.05) is 5.56 Å². The van der Waals surface area contributed by atoms with Crippen LogP contribution in [-0.4, -0.2) is 17.6 Å². The molecule has 0 amide bonds. The highest BCUT2D eigenvalue weighted by molar-refractivity contribution is 5.88. The summed E-state index contributed by atoms with van der Waals surface area (Å²) in [4.78, 5) is 16.1. The summed E-state index contributed by atoms with van der Waals surface area (Å²) in [6.07, 6.45) is 0.534. The Morgan fingerprint density at radius 3 is 2.80 bits per heavy atom. The molecule has 0 aliphatic heterocycles. The van der Waals surface area contributed by atoms with Crippen LogP contribution in [0, 0.1) is 12.7 Å². The third-order valence-electron chi connectivity index (χ3n) is 2.92. The zero-order chi connectivity index (χ0) is 14.7. The van der Waals surface area contributed by atoms with Crippen molar-refractivity contribution in [3.05, 3.63) is 41.0 Å². The van der Waals surface area contributed by atoms with E-state index in [1.807, 2.05) is 13.8 Å². The SMILES string of the molecule is CCOC(=O)c1oc(-c2cc(F)ccc2C)nc1CC. The van der Waals surface area contributed by atoms with Gasteiger partial charge in [-0.05, 0) is 38.0 Å². The molecule has 1 heterocycles. The predicted octanol–water partition coefficient (Wildman–Crippen LogP) is 3.53. The van der Waals surface area contributed by atoms with E-state index >= 15 is 0 Å². The van der Waals surface area contributed by atoms with Crippen molar-refractivity contribution in [1.29, 1.82) is 0 Å². The second kappa shape index (κ2) is 5.86. The van der Waals surface area contributed by atoms with Crippen molar-refractivity contribution in [2.75, 3.05) is 6.61 Å². The highest BCUT2D eigenvalue weighted by Crippen LogP contribution is 2.26. The lowest BCUT2D eigenvalue weighted by Gasteiger charge is -2.01. The number of aromatic nitrogens is 1. The first-order chi connectivity index (χ1) is 9.56. The second-order valence-electron chi connectivity index (χ2n) is 4.33. The van der Waals surface area contributed by atoms with Crippen LogP contribution in [0.3, 0.4) is 0 Å². The van der Waals surface area contributed by atoms with Crippen molar-refractivity contribution >= 4 is 5.97 Å². The van der Waals surface area contributed by atoms with Gasteiger partial charge in [-0.15, -0.1) is 0 Å². The Balaban J connectivity index is 2.48. The van der Waals surface area contributed by atoms with E-state index in [-0.39, 0.29) is 24.1 Å². The summed E-state index contributed by atoms with van der Waals surface area (Å²) in [5.41, 5.74) is 1.88. The summed E-state index contributed by atoms with van der Waals surface area (Å²) in [5, 5.41) is 0. The Labute approximate surface area is 116 Å². The number of halogens is 1. The Hall–Kier alpha value is -2.17. The number of aryl methyl sites for hydroxylation is 2. The largest absolute Gasteiger partial charge is 0.460 e. The number of hydrogen-bond acceptors (Lipinski definition) is 4. The van der Waals surface area contributed by atoms with Gasteiger partial charge in [-0.2, -0.15) is 0 Å². The second-order valence-corrected chi connectivity index (χ2v) is 4.33. The van der Waals surface area contributed by atoms with Gasteiger partial charge < -0.3 is 9.15 Å². The molecule has 20 heavy (non-hydrogen) atoms. The molecule has 0 saturated carbocycles. The Bertz CT molecular complexity index is 634.